The molecule has 0 aromatic heterocycles. The van der Waals surface area contributed by atoms with Crippen LogP contribution in [0.4, 0.5) is 0 Å². The first-order valence-electron chi connectivity index (χ1n) is 9.14. The van der Waals surface area contributed by atoms with Crippen LogP contribution in [0.15, 0.2) is 83.5 Å². The number of aliphatic imine (C=N–C) groups is 1. The van der Waals surface area contributed by atoms with Crippen molar-refractivity contribution < 1.29 is 14.3 Å². The maximum absolute atomic E-state index is 12.3. The first-order valence-corrected chi connectivity index (χ1v) is 10.2. The fraction of sp³-hybridized carbons (Fsp3) is 0.0833. The third kappa shape index (κ3) is 4.74. The normalized spacial score (nSPS) is 14.6. The van der Waals surface area contributed by atoms with Gasteiger partial charge in [-0.15, -0.1) is 0 Å². The summed E-state index contributed by atoms with van der Waals surface area (Å²) in [4.78, 5) is 16.7. The van der Waals surface area contributed by atoms with E-state index < -0.39 is 5.97 Å². The number of rotatable bonds is 5. The van der Waals surface area contributed by atoms with E-state index in [1.165, 1.54) is 5.56 Å². The number of ether oxygens (including phenoxy) is 2. The molecule has 0 radical (unpaired) electrons. The average Bonchev–Trinajstić information content (AvgIpc) is 3.08. The molecule has 4 nitrogen and oxygen atoms in total. The molecule has 3 aromatic carbocycles. The predicted octanol–water partition coefficient (Wildman–Crippen LogP) is 5.52. The second kappa shape index (κ2) is 8.61. The van der Waals surface area contributed by atoms with E-state index in [9.17, 15) is 4.79 Å². The third-order valence-electron chi connectivity index (χ3n) is 4.40. The van der Waals surface area contributed by atoms with Crippen LogP contribution in [-0.2, 0) is 16.1 Å². The summed E-state index contributed by atoms with van der Waals surface area (Å²) in [5.41, 5.74) is 4.08. The van der Waals surface area contributed by atoms with Crippen molar-refractivity contribution >= 4 is 40.5 Å². The highest BCUT2D eigenvalue weighted by Crippen LogP contribution is 2.25. The summed E-state index contributed by atoms with van der Waals surface area (Å²) in [6.45, 7) is 2.50. The summed E-state index contributed by atoms with van der Waals surface area (Å²) >= 11 is 2.23. The van der Waals surface area contributed by atoms with Gasteiger partial charge in [0, 0.05) is 14.7 Å². The molecule has 0 amide bonds. The Kier molecular flexibility index (Phi) is 5.76. The van der Waals surface area contributed by atoms with Crippen LogP contribution in [0.1, 0.15) is 22.3 Å². The molecule has 3 aromatic rings. The molecule has 4 rings (SSSR count). The second-order valence-corrected chi connectivity index (χ2v) is 7.90. The molecule has 1 aliphatic heterocycles. The SMILES string of the molecule is Cc1cccc(COc2ccccc2/C=C2\N=C(c3ccc(I)cc3)OC2=O)c1. The zero-order chi connectivity index (χ0) is 20.2. The van der Waals surface area contributed by atoms with Gasteiger partial charge in [-0.3, -0.25) is 0 Å². The Balaban J connectivity index is 1.57. The van der Waals surface area contributed by atoms with Gasteiger partial charge in [-0.1, -0.05) is 48.0 Å². The number of hydrogen-bond acceptors (Lipinski definition) is 4. The molecule has 144 valence electrons. The number of aryl methyl sites for hydroxylation is 1. The third-order valence-corrected chi connectivity index (χ3v) is 5.12. The molecule has 0 saturated carbocycles. The van der Waals surface area contributed by atoms with E-state index >= 15 is 0 Å². The maximum Gasteiger partial charge on any atom is 0.363 e. The lowest BCUT2D eigenvalue weighted by Crippen LogP contribution is -2.05. The highest BCUT2D eigenvalue weighted by molar-refractivity contribution is 14.1. The first kappa shape index (κ1) is 19.4. The number of carbonyl (C=O) groups is 1. The highest BCUT2D eigenvalue weighted by atomic mass is 127. The van der Waals surface area contributed by atoms with E-state index in [1.807, 2.05) is 60.7 Å². The van der Waals surface area contributed by atoms with Crippen LogP contribution in [0.5, 0.6) is 5.75 Å². The van der Waals surface area contributed by atoms with E-state index in [2.05, 4.69) is 46.6 Å². The van der Waals surface area contributed by atoms with Crippen molar-refractivity contribution in [1.29, 1.82) is 0 Å². The average molecular weight is 495 g/mol. The molecule has 0 atom stereocenters. The van der Waals surface area contributed by atoms with Gasteiger partial charge < -0.3 is 9.47 Å². The van der Waals surface area contributed by atoms with Crippen LogP contribution in [0.3, 0.4) is 0 Å². The molecule has 29 heavy (non-hydrogen) atoms. The van der Waals surface area contributed by atoms with Crippen molar-refractivity contribution in [3.05, 3.63) is 104 Å². The molecule has 0 saturated heterocycles. The maximum atomic E-state index is 12.3. The van der Waals surface area contributed by atoms with Gasteiger partial charge >= 0.3 is 5.97 Å². The fourth-order valence-corrected chi connectivity index (χ4v) is 3.33. The molecule has 1 aliphatic rings. The van der Waals surface area contributed by atoms with Crippen molar-refractivity contribution in [1.82, 2.24) is 0 Å². The van der Waals surface area contributed by atoms with Crippen molar-refractivity contribution in [2.75, 3.05) is 0 Å². The van der Waals surface area contributed by atoms with Gasteiger partial charge in [-0.05, 0) is 71.5 Å². The van der Waals surface area contributed by atoms with Crippen LogP contribution in [0.2, 0.25) is 0 Å². The minimum atomic E-state index is -0.466. The Labute approximate surface area is 183 Å². The summed E-state index contributed by atoms with van der Waals surface area (Å²) in [5, 5.41) is 0. The number of esters is 1. The predicted molar refractivity (Wildman–Crippen MR) is 122 cm³/mol. The Morgan fingerprint density at radius 3 is 2.62 bits per heavy atom. The summed E-state index contributed by atoms with van der Waals surface area (Å²) in [5.74, 6) is 0.537. The number of benzene rings is 3. The number of cyclic esters (lactones) is 1. The number of nitrogens with zero attached hydrogens (tertiary/aromatic N) is 1. The summed E-state index contributed by atoms with van der Waals surface area (Å²) in [7, 11) is 0. The van der Waals surface area contributed by atoms with E-state index in [0.29, 0.717) is 18.3 Å². The molecule has 0 bridgehead atoms. The van der Waals surface area contributed by atoms with Gasteiger partial charge in [0.05, 0.1) is 0 Å². The molecule has 0 N–H and O–H groups in total. The standard InChI is InChI=1S/C24H18INO3/c1-16-5-4-6-17(13-16)15-28-22-8-3-2-7-19(22)14-21-24(27)29-23(26-21)18-9-11-20(25)12-10-18/h2-14H,15H2,1H3/b21-14-. The van der Waals surface area contributed by atoms with Gasteiger partial charge in [0.1, 0.15) is 12.4 Å². The van der Waals surface area contributed by atoms with Crippen molar-refractivity contribution in [2.45, 2.75) is 13.5 Å². The van der Waals surface area contributed by atoms with Crippen LogP contribution in [0, 0.1) is 10.5 Å². The lowest BCUT2D eigenvalue weighted by molar-refractivity contribution is -0.129. The molecule has 0 spiro atoms. The topological polar surface area (TPSA) is 47.9 Å². The van der Waals surface area contributed by atoms with E-state index in [-0.39, 0.29) is 5.70 Å². The zero-order valence-electron chi connectivity index (χ0n) is 15.8. The molecule has 0 fully saturated rings. The monoisotopic (exact) mass is 495 g/mol. The van der Waals surface area contributed by atoms with Crippen LogP contribution in [-0.4, -0.2) is 11.9 Å². The van der Waals surface area contributed by atoms with Crippen LogP contribution >= 0.6 is 22.6 Å². The number of carbonyl (C=O) groups excluding carboxylic acids is 1. The molecule has 1 heterocycles. The van der Waals surface area contributed by atoms with Gasteiger partial charge in [0.2, 0.25) is 5.90 Å². The van der Waals surface area contributed by atoms with Gasteiger partial charge in [0.15, 0.2) is 5.70 Å². The lowest BCUT2D eigenvalue weighted by Gasteiger charge is -2.09. The van der Waals surface area contributed by atoms with Crippen LogP contribution in [0.25, 0.3) is 6.08 Å². The smallest absolute Gasteiger partial charge is 0.363 e. The Morgan fingerprint density at radius 2 is 1.83 bits per heavy atom. The summed E-state index contributed by atoms with van der Waals surface area (Å²) in [6.07, 6.45) is 1.70. The van der Waals surface area contributed by atoms with E-state index in [1.54, 1.807) is 6.08 Å². The Morgan fingerprint density at radius 1 is 1.03 bits per heavy atom. The van der Waals surface area contributed by atoms with Crippen molar-refractivity contribution in [2.24, 2.45) is 4.99 Å². The zero-order valence-corrected chi connectivity index (χ0v) is 17.9. The largest absolute Gasteiger partial charge is 0.488 e. The van der Waals surface area contributed by atoms with Gasteiger partial charge in [0.25, 0.3) is 0 Å². The summed E-state index contributed by atoms with van der Waals surface area (Å²) in [6, 6.07) is 23.4. The molecule has 0 aliphatic carbocycles. The Bertz CT molecular complexity index is 1120. The number of hydrogen-bond donors (Lipinski definition) is 0. The summed E-state index contributed by atoms with van der Waals surface area (Å²) < 4.78 is 12.5. The Hall–Kier alpha value is -2.93. The minimum absolute atomic E-state index is 0.255. The van der Waals surface area contributed by atoms with Gasteiger partial charge in [-0.25, -0.2) is 9.79 Å². The van der Waals surface area contributed by atoms with E-state index in [4.69, 9.17) is 9.47 Å². The minimum Gasteiger partial charge on any atom is -0.488 e. The first-order chi connectivity index (χ1) is 14.1. The molecule has 0 unspecified atom stereocenters. The quantitative estimate of drug-likeness (QED) is 0.266. The number of halogens is 1. The van der Waals surface area contributed by atoms with Gasteiger partial charge in [-0.2, -0.15) is 0 Å². The lowest BCUT2D eigenvalue weighted by atomic mass is 10.1. The second-order valence-electron chi connectivity index (χ2n) is 6.66. The molecule has 5 heteroatoms. The number of para-hydroxylation sites is 1. The van der Waals surface area contributed by atoms with E-state index in [0.717, 1.165) is 20.3 Å². The highest BCUT2D eigenvalue weighted by Gasteiger charge is 2.24. The van der Waals surface area contributed by atoms with Crippen molar-refractivity contribution in [3.8, 4) is 5.75 Å². The molecular formula is C24H18INO3. The van der Waals surface area contributed by atoms with Crippen LogP contribution < -0.4 is 4.74 Å². The van der Waals surface area contributed by atoms with Crippen molar-refractivity contribution in [3.63, 3.8) is 0 Å². The fourth-order valence-electron chi connectivity index (χ4n) is 2.97. The molecular weight excluding hydrogens is 477 g/mol.